The van der Waals surface area contributed by atoms with Gasteiger partial charge in [-0.2, -0.15) is 0 Å². The van der Waals surface area contributed by atoms with Crippen molar-refractivity contribution in [2.75, 3.05) is 11.1 Å². The van der Waals surface area contributed by atoms with Gasteiger partial charge < -0.3 is 11.1 Å². The SMILES string of the molecule is CC1(Nc2cccc(S(N)(=O)=O)c2N)CCC1. The summed E-state index contributed by atoms with van der Waals surface area (Å²) in [5.74, 6) is 0. The lowest BCUT2D eigenvalue weighted by molar-refractivity contribution is 0.307. The van der Waals surface area contributed by atoms with Gasteiger partial charge in [0.1, 0.15) is 4.90 Å². The molecule has 0 unspecified atom stereocenters. The highest BCUT2D eigenvalue weighted by atomic mass is 32.2. The molecule has 94 valence electrons. The zero-order chi connectivity index (χ0) is 12.7. The Morgan fingerprint density at radius 1 is 1.35 bits per heavy atom. The monoisotopic (exact) mass is 255 g/mol. The molecule has 5 N–H and O–H groups in total. The fourth-order valence-corrected chi connectivity index (χ4v) is 2.74. The number of sulfonamides is 1. The predicted octanol–water partition coefficient (Wildman–Crippen LogP) is 1.27. The zero-order valence-corrected chi connectivity index (χ0v) is 10.5. The summed E-state index contributed by atoms with van der Waals surface area (Å²) in [4.78, 5) is -0.0228. The van der Waals surface area contributed by atoms with Gasteiger partial charge in [0, 0.05) is 5.54 Å². The summed E-state index contributed by atoms with van der Waals surface area (Å²) in [5.41, 5.74) is 6.69. The molecule has 5 nitrogen and oxygen atoms in total. The van der Waals surface area contributed by atoms with Gasteiger partial charge in [0.05, 0.1) is 11.4 Å². The van der Waals surface area contributed by atoms with Crippen LogP contribution in [0.4, 0.5) is 11.4 Å². The highest BCUT2D eigenvalue weighted by Gasteiger charge is 2.32. The van der Waals surface area contributed by atoms with E-state index in [0.29, 0.717) is 5.69 Å². The lowest BCUT2D eigenvalue weighted by atomic mass is 9.78. The van der Waals surface area contributed by atoms with Crippen molar-refractivity contribution in [1.29, 1.82) is 0 Å². The normalized spacial score (nSPS) is 18.5. The van der Waals surface area contributed by atoms with Crippen LogP contribution in [0.25, 0.3) is 0 Å². The molecule has 0 amide bonds. The number of nitrogens with one attached hydrogen (secondary N) is 1. The Hall–Kier alpha value is -1.27. The van der Waals surface area contributed by atoms with Crippen LogP contribution in [0.1, 0.15) is 26.2 Å². The van der Waals surface area contributed by atoms with Gasteiger partial charge in [0.25, 0.3) is 0 Å². The average Bonchev–Trinajstić information content (AvgIpc) is 2.17. The number of anilines is 2. The van der Waals surface area contributed by atoms with Crippen molar-refractivity contribution in [3.8, 4) is 0 Å². The minimum atomic E-state index is -3.77. The standard InChI is InChI=1S/C11H17N3O2S/c1-11(6-3-7-11)14-8-4-2-5-9(10(8)12)17(13,15)16/h2,4-5,14H,3,6-7,12H2,1H3,(H2,13,15,16). The summed E-state index contributed by atoms with van der Waals surface area (Å²) in [6, 6.07) is 4.83. The van der Waals surface area contributed by atoms with Crippen molar-refractivity contribution in [1.82, 2.24) is 0 Å². The van der Waals surface area contributed by atoms with E-state index in [2.05, 4.69) is 12.2 Å². The van der Waals surface area contributed by atoms with Crippen LogP contribution >= 0.6 is 0 Å². The summed E-state index contributed by atoms with van der Waals surface area (Å²) >= 11 is 0. The lowest BCUT2D eigenvalue weighted by Gasteiger charge is -2.40. The molecular formula is C11H17N3O2S. The zero-order valence-electron chi connectivity index (χ0n) is 9.73. The maximum Gasteiger partial charge on any atom is 0.240 e. The van der Waals surface area contributed by atoms with E-state index in [1.807, 2.05) is 0 Å². The second kappa shape index (κ2) is 3.89. The summed E-state index contributed by atoms with van der Waals surface area (Å²) in [5, 5.41) is 8.39. The topological polar surface area (TPSA) is 98.2 Å². The number of rotatable bonds is 3. The summed E-state index contributed by atoms with van der Waals surface area (Å²) in [6.07, 6.45) is 3.30. The van der Waals surface area contributed by atoms with E-state index in [1.165, 1.54) is 12.5 Å². The molecule has 2 rings (SSSR count). The minimum Gasteiger partial charge on any atom is -0.396 e. The third kappa shape index (κ3) is 2.37. The first-order valence-corrected chi connectivity index (χ1v) is 7.06. The van der Waals surface area contributed by atoms with Crippen molar-refractivity contribution >= 4 is 21.4 Å². The third-order valence-electron chi connectivity index (χ3n) is 3.27. The van der Waals surface area contributed by atoms with Gasteiger partial charge >= 0.3 is 0 Å². The molecular weight excluding hydrogens is 238 g/mol. The molecule has 1 fully saturated rings. The molecule has 1 aliphatic rings. The third-order valence-corrected chi connectivity index (χ3v) is 4.24. The first kappa shape index (κ1) is 12.2. The smallest absolute Gasteiger partial charge is 0.240 e. The molecule has 0 radical (unpaired) electrons. The molecule has 0 spiro atoms. The van der Waals surface area contributed by atoms with E-state index in [1.54, 1.807) is 12.1 Å². The minimum absolute atomic E-state index is 0.0190. The van der Waals surface area contributed by atoms with E-state index in [9.17, 15) is 8.42 Å². The van der Waals surface area contributed by atoms with Crippen LogP contribution in [0.3, 0.4) is 0 Å². The van der Waals surface area contributed by atoms with Crippen LogP contribution in [-0.4, -0.2) is 14.0 Å². The van der Waals surface area contributed by atoms with Crippen LogP contribution in [-0.2, 0) is 10.0 Å². The van der Waals surface area contributed by atoms with Gasteiger partial charge in [0.15, 0.2) is 0 Å². The van der Waals surface area contributed by atoms with Crippen molar-refractivity contribution in [3.05, 3.63) is 18.2 Å². The molecule has 0 aromatic heterocycles. The quantitative estimate of drug-likeness (QED) is 0.708. The Labute approximate surface area is 101 Å². The number of hydrogen-bond donors (Lipinski definition) is 3. The second-order valence-corrected chi connectivity index (χ2v) is 6.33. The molecule has 1 aromatic carbocycles. The van der Waals surface area contributed by atoms with Crippen molar-refractivity contribution in [2.45, 2.75) is 36.6 Å². The van der Waals surface area contributed by atoms with E-state index < -0.39 is 10.0 Å². The summed E-state index contributed by atoms with van der Waals surface area (Å²) < 4.78 is 22.7. The number of nitrogens with two attached hydrogens (primary N) is 2. The second-order valence-electron chi connectivity index (χ2n) is 4.80. The molecule has 0 aliphatic heterocycles. The first-order chi connectivity index (χ1) is 7.82. The number of benzene rings is 1. The molecule has 6 heteroatoms. The first-order valence-electron chi connectivity index (χ1n) is 5.51. The van der Waals surface area contributed by atoms with Gasteiger partial charge in [-0.05, 0) is 38.3 Å². The maximum atomic E-state index is 11.3. The molecule has 0 heterocycles. The van der Waals surface area contributed by atoms with E-state index in [4.69, 9.17) is 10.9 Å². The van der Waals surface area contributed by atoms with E-state index >= 15 is 0 Å². The van der Waals surface area contributed by atoms with Crippen molar-refractivity contribution in [2.24, 2.45) is 5.14 Å². The molecule has 1 aliphatic carbocycles. The number of primary sulfonamides is 1. The summed E-state index contributed by atoms with van der Waals surface area (Å²) in [6.45, 7) is 2.10. The average molecular weight is 255 g/mol. The Kier molecular flexibility index (Phi) is 2.79. The Balaban J connectivity index is 2.36. The highest BCUT2D eigenvalue weighted by Crippen LogP contribution is 2.37. The molecule has 1 aromatic rings. The van der Waals surface area contributed by atoms with Crippen LogP contribution < -0.4 is 16.2 Å². The summed E-state index contributed by atoms with van der Waals surface area (Å²) in [7, 11) is -3.77. The number of hydrogen-bond acceptors (Lipinski definition) is 4. The van der Waals surface area contributed by atoms with Crippen molar-refractivity contribution < 1.29 is 8.42 Å². The largest absolute Gasteiger partial charge is 0.396 e. The van der Waals surface area contributed by atoms with E-state index in [0.717, 1.165) is 12.8 Å². The fourth-order valence-electron chi connectivity index (χ4n) is 2.06. The molecule has 1 saturated carbocycles. The van der Waals surface area contributed by atoms with Gasteiger partial charge in [0.2, 0.25) is 10.0 Å². The number of nitrogen functional groups attached to an aromatic ring is 1. The lowest BCUT2D eigenvalue weighted by Crippen LogP contribution is -2.41. The molecule has 0 saturated heterocycles. The van der Waals surface area contributed by atoms with Crippen molar-refractivity contribution in [3.63, 3.8) is 0 Å². The Morgan fingerprint density at radius 3 is 2.47 bits per heavy atom. The van der Waals surface area contributed by atoms with Gasteiger partial charge in [-0.3, -0.25) is 0 Å². The fraction of sp³-hybridized carbons (Fsp3) is 0.455. The van der Waals surface area contributed by atoms with Crippen LogP contribution in [0.15, 0.2) is 23.1 Å². The highest BCUT2D eigenvalue weighted by molar-refractivity contribution is 7.89. The van der Waals surface area contributed by atoms with Crippen LogP contribution in [0.5, 0.6) is 0 Å². The van der Waals surface area contributed by atoms with Gasteiger partial charge in [-0.25, -0.2) is 13.6 Å². The Bertz CT molecular complexity index is 536. The van der Waals surface area contributed by atoms with Crippen LogP contribution in [0, 0.1) is 0 Å². The maximum absolute atomic E-state index is 11.3. The Morgan fingerprint density at radius 2 is 2.00 bits per heavy atom. The van der Waals surface area contributed by atoms with E-state index in [-0.39, 0.29) is 16.1 Å². The molecule has 0 bridgehead atoms. The molecule has 0 atom stereocenters. The number of para-hydroxylation sites is 1. The molecule has 17 heavy (non-hydrogen) atoms. The van der Waals surface area contributed by atoms with Gasteiger partial charge in [-0.15, -0.1) is 0 Å². The van der Waals surface area contributed by atoms with Crippen LogP contribution in [0.2, 0.25) is 0 Å². The van der Waals surface area contributed by atoms with Gasteiger partial charge in [-0.1, -0.05) is 6.07 Å². The predicted molar refractivity (Wildman–Crippen MR) is 68.1 cm³/mol.